The highest BCUT2D eigenvalue weighted by atomic mass is 19.1. The van der Waals surface area contributed by atoms with Gasteiger partial charge in [0.1, 0.15) is 35.9 Å². The summed E-state index contributed by atoms with van der Waals surface area (Å²) >= 11 is 0. The maximum atomic E-state index is 13.7. The van der Waals surface area contributed by atoms with Crippen LogP contribution in [-0.2, 0) is 7.05 Å². The van der Waals surface area contributed by atoms with Crippen molar-refractivity contribution >= 4 is 28.0 Å². The van der Waals surface area contributed by atoms with Crippen molar-refractivity contribution in [2.24, 2.45) is 7.05 Å². The summed E-state index contributed by atoms with van der Waals surface area (Å²) in [4.78, 5) is 25.0. The Kier molecular flexibility index (Phi) is 6.38. The zero-order valence-electron chi connectivity index (χ0n) is 20.4. The van der Waals surface area contributed by atoms with Crippen molar-refractivity contribution < 1.29 is 23.4 Å². The number of hydrogen-bond donors (Lipinski definition) is 3. The van der Waals surface area contributed by atoms with E-state index in [0.717, 1.165) is 11.6 Å². The quantitative estimate of drug-likeness (QED) is 0.277. The molecule has 0 saturated heterocycles. The number of aromatic hydroxyl groups is 1. The number of ether oxygens (including phenoxy) is 1. The number of imidazole rings is 2. The molecule has 1 atom stereocenters. The molecule has 3 aromatic carbocycles. The molecule has 0 radical (unpaired) electrons. The Morgan fingerprint density at radius 1 is 1.18 bits per heavy atom. The fourth-order valence-corrected chi connectivity index (χ4v) is 4.25. The lowest BCUT2D eigenvalue weighted by Gasteiger charge is -2.10. The first-order valence-corrected chi connectivity index (χ1v) is 11.7. The Morgan fingerprint density at radius 2 is 2.00 bits per heavy atom. The van der Waals surface area contributed by atoms with E-state index in [1.54, 1.807) is 18.2 Å². The molecule has 1 unspecified atom stereocenters. The number of fused-ring (bicyclic) bond motifs is 2. The summed E-state index contributed by atoms with van der Waals surface area (Å²) in [7, 11) is 1.83. The number of nitriles is 1. The van der Waals surface area contributed by atoms with Crippen molar-refractivity contribution in [3.8, 4) is 17.6 Å². The van der Waals surface area contributed by atoms with E-state index in [9.17, 15) is 18.7 Å². The average molecular weight is 517 g/mol. The van der Waals surface area contributed by atoms with Gasteiger partial charge in [-0.2, -0.15) is 5.26 Å². The molecule has 0 spiro atoms. The SMILES string of the molecule is CC(c1nc2cc(O)c(F)cc2[nH]1)c1nc2ccc(C(=O)NCCOc3ccc(F)cc3C#N)cc2n1C. The molecule has 2 heterocycles. The monoisotopic (exact) mass is 516 g/mol. The van der Waals surface area contributed by atoms with Crippen LogP contribution in [0.1, 0.15) is 40.4 Å². The van der Waals surface area contributed by atoms with Crippen molar-refractivity contribution in [2.75, 3.05) is 13.2 Å². The fraction of sp³-hybridized carbons (Fsp3) is 0.185. The molecule has 0 aliphatic carbocycles. The molecular formula is C27H22F2N6O3. The lowest BCUT2D eigenvalue weighted by atomic mass is 10.1. The third-order valence-electron chi connectivity index (χ3n) is 6.25. The molecule has 5 rings (SSSR count). The van der Waals surface area contributed by atoms with E-state index in [4.69, 9.17) is 15.0 Å². The number of aromatic nitrogens is 4. The van der Waals surface area contributed by atoms with Crippen LogP contribution < -0.4 is 10.1 Å². The van der Waals surface area contributed by atoms with Crippen molar-refractivity contribution in [2.45, 2.75) is 12.8 Å². The number of rotatable bonds is 7. The molecule has 0 aliphatic heterocycles. The number of H-pyrrole nitrogens is 1. The second kappa shape index (κ2) is 9.82. The first-order chi connectivity index (χ1) is 18.2. The van der Waals surface area contributed by atoms with Crippen molar-refractivity contribution in [1.29, 1.82) is 5.26 Å². The van der Waals surface area contributed by atoms with Gasteiger partial charge in [-0.15, -0.1) is 0 Å². The van der Waals surface area contributed by atoms with E-state index >= 15 is 0 Å². The molecule has 192 valence electrons. The number of aryl methyl sites for hydroxylation is 1. The normalized spacial score (nSPS) is 12.0. The summed E-state index contributed by atoms with van der Waals surface area (Å²) in [6.45, 7) is 2.18. The number of nitrogens with one attached hydrogen (secondary N) is 2. The number of hydrogen-bond acceptors (Lipinski definition) is 6. The lowest BCUT2D eigenvalue weighted by Crippen LogP contribution is -2.28. The highest BCUT2D eigenvalue weighted by Crippen LogP contribution is 2.29. The van der Waals surface area contributed by atoms with Crippen LogP contribution in [0, 0.1) is 23.0 Å². The predicted octanol–water partition coefficient (Wildman–Crippen LogP) is 4.27. The molecule has 0 fully saturated rings. The Hall–Kier alpha value is -4.98. The predicted molar refractivity (Wildman–Crippen MR) is 135 cm³/mol. The van der Waals surface area contributed by atoms with Gasteiger partial charge in [0.25, 0.3) is 5.91 Å². The van der Waals surface area contributed by atoms with Crippen molar-refractivity contribution in [1.82, 2.24) is 24.8 Å². The first-order valence-electron chi connectivity index (χ1n) is 11.7. The number of aromatic amines is 1. The minimum absolute atomic E-state index is 0.0796. The Morgan fingerprint density at radius 3 is 2.79 bits per heavy atom. The van der Waals surface area contributed by atoms with E-state index in [2.05, 4.69) is 15.3 Å². The summed E-state index contributed by atoms with van der Waals surface area (Å²) in [5.41, 5.74) is 2.84. The topological polar surface area (TPSA) is 129 Å². The molecule has 2 aromatic heterocycles. The van der Waals surface area contributed by atoms with Crippen LogP contribution in [0.2, 0.25) is 0 Å². The summed E-state index contributed by atoms with van der Waals surface area (Å²) in [6, 6.07) is 13.1. The van der Waals surface area contributed by atoms with Crippen LogP contribution in [0.25, 0.3) is 22.1 Å². The molecule has 38 heavy (non-hydrogen) atoms. The van der Waals surface area contributed by atoms with E-state index in [0.29, 0.717) is 33.8 Å². The number of benzene rings is 3. The van der Waals surface area contributed by atoms with Crippen molar-refractivity contribution in [3.63, 3.8) is 0 Å². The minimum atomic E-state index is -0.733. The Labute approximate surface area is 215 Å². The minimum Gasteiger partial charge on any atom is -0.505 e. The van der Waals surface area contributed by atoms with Crippen LogP contribution in [0.5, 0.6) is 11.5 Å². The number of amides is 1. The Bertz CT molecular complexity index is 1700. The van der Waals surface area contributed by atoms with E-state index in [-0.39, 0.29) is 36.3 Å². The number of carbonyl (C=O) groups excluding carboxylic acids is 1. The van der Waals surface area contributed by atoms with Gasteiger partial charge < -0.3 is 24.7 Å². The maximum absolute atomic E-state index is 13.7. The van der Waals surface area contributed by atoms with Gasteiger partial charge in [0.05, 0.1) is 40.1 Å². The van der Waals surface area contributed by atoms with Crippen LogP contribution >= 0.6 is 0 Å². The summed E-state index contributed by atoms with van der Waals surface area (Å²) in [6.07, 6.45) is 0. The molecule has 0 saturated carbocycles. The maximum Gasteiger partial charge on any atom is 0.251 e. The highest BCUT2D eigenvalue weighted by molar-refractivity contribution is 5.97. The molecule has 0 aliphatic rings. The summed E-state index contributed by atoms with van der Waals surface area (Å²) in [5.74, 6) is -0.849. The summed E-state index contributed by atoms with van der Waals surface area (Å²) in [5, 5.41) is 21.5. The zero-order valence-corrected chi connectivity index (χ0v) is 20.4. The van der Waals surface area contributed by atoms with Gasteiger partial charge in [-0.1, -0.05) is 0 Å². The van der Waals surface area contributed by atoms with Gasteiger partial charge in [0.2, 0.25) is 0 Å². The van der Waals surface area contributed by atoms with Crippen molar-refractivity contribution in [3.05, 3.63) is 82.9 Å². The van der Waals surface area contributed by atoms with Gasteiger partial charge in [0, 0.05) is 24.7 Å². The van der Waals surface area contributed by atoms with E-state index < -0.39 is 17.4 Å². The highest BCUT2D eigenvalue weighted by Gasteiger charge is 2.21. The van der Waals surface area contributed by atoms with E-state index in [1.165, 1.54) is 24.3 Å². The number of phenolic OH excluding ortho intramolecular Hbond substituents is 1. The second-order valence-corrected chi connectivity index (χ2v) is 8.75. The molecule has 3 N–H and O–H groups in total. The van der Waals surface area contributed by atoms with Crippen LogP contribution in [0.4, 0.5) is 8.78 Å². The van der Waals surface area contributed by atoms with Crippen LogP contribution in [-0.4, -0.2) is 43.7 Å². The second-order valence-electron chi connectivity index (χ2n) is 8.75. The van der Waals surface area contributed by atoms with Crippen LogP contribution in [0.15, 0.2) is 48.5 Å². The van der Waals surface area contributed by atoms with Gasteiger partial charge in [0.15, 0.2) is 11.6 Å². The molecule has 1 amide bonds. The Balaban J connectivity index is 1.29. The molecule has 11 heteroatoms. The molecular weight excluding hydrogens is 494 g/mol. The largest absolute Gasteiger partial charge is 0.505 e. The smallest absolute Gasteiger partial charge is 0.251 e. The fourth-order valence-electron chi connectivity index (χ4n) is 4.25. The van der Waals surface area contributed by atoms with Gasteiger partial charge in [-0.05, 0) is 43.3 Å². The molecule has 5 aromatic rings. The average Bonchev–Trinajstić information content (AvgIpc) is 3.47. The standard InChI is InChI=1S/C27H22F2N6O3/c1-14(25-32-20-11-18(29)23(36)12-21(20)33-25)26-34-19-5-3-15(10-22(19)35(26)2)27(37)31-7-8-38-24-6-4-17(28)9-16(24)13-30/h3-6,9-12,14,36H,7-8H2,1-2H3,(H,31,37)(H,32,33). The number of nitrogens with zero attached hydrogens (tertiary/aromatic N) is 4. The van der Waals surface area contributed by atoms with Crippen LogP contribution in [0.3, 0.4) is 0 Å². The molecule has 9 nitrogen and oxygen atoms in total. The third-order valence-corrected chi connectivity index (χ3v) is 6.25. The number of phenols is 1. The van der Waals surface area contributed by atoms with Gasteiger partial charge in [-0.3, -0.25) is 4.79 Å². The van der Waals surface area contributed by atoms with Gasteiger partial charge in [-0.25, -0.2) is 18.7 Å². The first kappa shape index (κ1) is 24.7. The van der Waals surface area contributed by atoms with Gasteiger partial charge >= 0.3 is 0 Å². The number of halogens is 2. The van der Waals surface area contributed by atoms with E-state index in [1.807, 2.05) is 24.6 Å². The molecule has 0 bridgehead atoms. The number of carbonyl (C=O) groups is 1. The lowest BCUT2D eigenvalue weighted by molar-refractivity contribution is 0.0947. The zero-order chi connectivity index (χ0) is 27.0. The summed E-state index contributed by atoms with van der Waals surface area (Å²) < 4.78 is 34.4. The third kappa shape index (κ3) is 4.59.